The molecule has 1 N–H and O–H groups in total. The second kappa shape index (κ2) is 8.13. The van der Waals surface area contributed by atoms with Gasteiger partial charge in [-0.25, -0.2) is 9.97 Å². The lowest BCUT2D eigenvalue weighted by Crippen LogP contribution is -2.39. The maximum atomic E-state index is 13.1. The highest BCUT2D eigenvalue weighted by molar-refractivity contribution is 6.45. The minimum atomic E-state index is -0.246. The van der Waals surface area contributed by atoms with Gasteiger partial charge in [0.25, 0.3) is 5.91 Å². The molecular formula is C21H19Cl2N5O2. The van der Waals surface area contributed by atoms with E-state index in [0.29, 0.717) is 41.6 Å². The predicted molar refractivity (Wildman–Crippen MR) is 114 cm³/mol. The van der Waals surface area contributed by atoms with Gasteiger partial charge in [-0.3, -0.25) is 4.79 Å². The number of nitrogens with zero attached hydrogens (tertiary/aromatic N) is 4. The molecule has 3 heterocycles. The molecule has 1 amide bonds. The van der Waals surface area contributed by atoms with Gasteiger partial charge in [-0.1, -0.05) is 23.2 Å². The lowest BCUT2D eigenvalue weighted by atomic mass is 9.93. The number of aromatic nitrogens is 3. The normalized spacial score (nSPS) is 15.7. The third-order valence-corrected chi connectivity index (χ3v) is 6.27. The van der Waals surface area contributed by atoms with Crippen molar-refractivity contribution in [1.29, 1.82) is 5.26 Å². The van der Waals surface area contributed by atoms with Gasteiger partial charge in [0.15, 0.2) is 5.75 Å². The quantitative estimate of drug-likeness (QED) is 0.640. The lowest BCUT2D eigenvalue weighted by Gasteiger charge is -2.33. The molecule has 9 heteroatoms. The summed E-state index contributed by atoms with van der Waals surface area (Å²) in [5, 5.41) is 10.9. The molecule has 0 bridgehead atoms. The van der Waals surface area contributed by atoms with Crippen LogP contribution in [0.3, 0.4) is 0 Å². The van der Waals surface area contributed by atoms with Gasteiger partial charge in [0, 0.05) is 36.0 Å². The zero-order chi connectivity index (χ0) is 21.4. The standard InChI is InChI=1S/C21H19Cl2N5O2/c1-11-16-15(5-7-28(11)21(29)20-25-9-13(30-2)10-26-20)27-19-17(16)12(4-3-6-24)8-14(22)18(19)23/h8-11,27H,3-5,7H2,1-2H3. The molecular weight excluding hydrogens is 425 g/mol. The predicted octanol–water partition coefficient (Wildman–Crippen LogP) is 4.49. The number of ether oxygens (including phenoxy) is 1. The van der Waals surface area contributed by atoms with Crippen LogP contribution in [0.15, 0.2) is 18.5 Å². The number of carbonyl (C=O) groups is 1. The van der Waals surface area contributed by atoms with Crippen LogP contribution in [-0.4, -0.2) is 39.4 Å². The van der Waals surface area contributed by atoms with Gasteiger partial charge < -0.3 is 14.6 Å². The molecule has 30 heavy (non-hydrogen) atoms. The number of halogens is 2. The summed E-state index contributed by atoms with van der Waals surface area (Å²) in [6, 6.07) is 3.77. The third kappa shape index (κ3) is 3.36. The van der Waals surface area contributed by atoms with Crippen molar-refractivity contribution in [1.82, 2.24) is 19.9 Å². The van der Waals surface area contributed by atoms with Gasteiger partial charge in [-0.05, 0) is 25.0 Å². The Hall–Kier alpha value is -2.82. The fourth-order valence-electron chi connectivity index (χ4n) is 4.04. The van der Waals surface area contributed by atoms with Crippen molar-refractivity contribution in [2.75, 3.05) is 13.7 Å². The maximum Gasteiger partial charge on any atom is 0.292 e. The molecule has 1 atom stereocenters. The Bertz CT molecular complexity index is 1170. The van der Waals surface area contributed by atoms with Crippen molar-refractivity contribution in [3.05, 3.63) is 51.2 Å². The second-order valence-corrected chi connectivity index (χ2v) is 7.91. The highest BCUT2D eigenvalue weighted by Crippen LogP contribution is 2.42. The molecule has 0 aliphatic carbocycles. The number of H-pyrrole nitrogens is 1. The molecule has 0 radical (unpaired) electrons. The number of aromatic amines is 1. The van der Waals surface area contributed by atoms with Crippen LogP contribution in [0.2, 0.25) is 10.0 Å². The topological polar surface area (TPSA) is 94.9 Å². The van der Waals surface area contributed by atoms with Crippen molar-refractivity contribution in [2.24, 2.45) is 0 Å². The lowest BCUT2D eigenvalue weighted by molar-refractivity contribution is 0.0665. The van der Waals surface area contributed by atoms with E-state index >= 15 is 0 Å². The zero-order valence-electron chi connectivity index (χ0n) is 16.5. The Balaban J connectivity index is 1.78. The Morgan fingerprint density at radius 1 is 1.40 bits per heavy atom. The monoisotopic (exact) mass is 443 g/mol. The molecule has 4 rings (SSSR count). The highest BCUT2D eigenvalue weighted by atomic mass is 35.5. The number of methoxy groups -OCH3 is 1. The van der Waals surface area contributed by atoms with E-state index in [1.807, 2.05) is 13.0 Å². The van der Waals surface area contributed by atoms with Crippen LogP contribution in [0.1, 0.15) is 46.8 Å². The summed E-state index contributed by atoms with van der Waals surface area (Å²) in [6.45, 7) is 2.50. The fourth-order valence-corrected chi connectivity index (χ4v) is 4.46. The van der Waals surface area contributed by atoms with Crippen molar-refractivity contribution < 1.29 is 9.53 Å². The molecule has 0 fully saturated rings. The summed E-state index contributed by atoms with van der Waals surface area (Å²) < 4.78 is 5.07. The molecule has 154 valence electrons. The molecule has 1 unspecified atom stereocenters. The van der Waals surface area contributed by atoms with E-state index in [0.717, 1.165) is 27.7 Å². The number of hydrogen-bond donors (Lipinski definition) is 1. The van der Waals surface area contributed by atoms with E-state index < -0.39 is 0 Å². The molecule has 0 spiro atoms. The maximum absolute atomic E-state index is 13.1. The largest absolute Gasteiger partial charge is 0.494 e. The number of rotatable bonds is 4. The fraction of sp³-hybridized carbons (Fsp3) is 0.333. The molecule has 1 aliphatic heterocycles. The first-order valence-electron chi connectivity index (χ1n) is 9.51. The Kier molecular flexibility index (Phi) is 5.54. The van der Waals surface area contributed by atoms with Crippen molar-refractivity contribution >= 4 is 40.0 Å². The van der Waals surface area contributed by atoms with Gasteiger partial charge >= 0.3 is 0 Å². The average Bonchev–Trinajstić information content (AvgIpc) is 3.16. The summed E-state index contributed by atoms with van der Waals surface area (Å²) in [4.78, 5) is 26.6. The summed E-state index contributed by atoms with van der Waals surface area (Å²) in [5.74, 6) is 0.367. The molecule has 0 saturated carbocycles. The Morgan fingerprint density at radius 2 is 2.13 bits per heavy atom. The number of nitriles is 1. The molecule has 1 aromatic carbocycles. The molecule has 0 saturated heterocycles. The summed E-state index contributed by atoms with van der Waals surface area (Å²) in [6.07, 6.45) is 4.52. The molecule has 3 aromatic rings. The minimum Gasteiger partial charge on any atom is -0.494 e. The Labute approximate surface area is 183 Å². The number of carbonyl (C=O) groups excluding carboxylic acids is 1. The van der Waals surface area contributed by atoms with Crippen molar-refractivity contribution in [3.8, 4) is 11.8 Å². The van der Waals surface area contributed by atoms with Gasteiger partial charge in [-0.2, -0.15) is 5.26 Å². The van der Waals surface area contributed by atoms with E-state index in [2.05, 4.69) is 21.0 Å². The van der Waals surface area contributed by atoms with E-state index in [9.17, 15) is 4.79 Å². The van der Waals surface area contributed by atoms with Crippen LogP contribution < -0.4 is 4.74 Å². The minimum absolute atomic E-state index is 0.122. The van der Waals surface area contributed by atoms with Gasteiger partial charge in [0.1, 0.15) is 0 Å². The van der Waals surface area contributed by atoms with E-state index in [1.165, 1.54) is 19.5 Å². The summed E-state index contributed by atoms with van der Waals surface area (Å²) >= 11 is 12.8. The average molecular weight is 444 g/mol. The number of amides is 1. The van der Waals surface area contributed by atoms with Gasteiger partial charge in [-0.15, -0.1) is 0 Å². The molecule has 7 nitrogen and oxygen atoms in total. The van der Waals surface area contributed by atoms with Crippen LogP contribution in [0.5, 0.6) is 5.75 Å². The number of aryl methyl sites for hydroxylation is 1. The molecule has 1 aliphatic rings. The van der Waals surface area contributed by atoms with Crippen LogP contribution in [0.25, 0.3) is 10.9 Å². The summed E-state index contributed by atoms with van der Waals surface area (Å²) in [7, 11) is 1.52. The SMILES string of the molecule is COc1cnc(C(=O)N2CCc3[nH]c4c(Cl)c(Cl)cc(CCC#N)c4c3C2C)nc1. The number of nitrogens with one attached hydrogen (secondary N) is 1. The van der Waals surface area contributed by atoms with E-state index in [1.54, 1.807) is 4.90 Å². The second-order valence-electron chi connectivity index (χ2n) is 7.13. The Morgan fingerprint density at radius 3 is 2.80 bits per heavy atom. The first kappa shape index (κ1) is 20.5. The molecule has 2 aromatic heterocycles. The van der Waals surface area contributed by atoms with Crippen LogP contribution in [0, 0.1) is 11.3 Å². The zero-order valence-corrected chi connectivity index (χ0v) is 18.0. The summed E-state index contributed by atoms with van der Waals surface area (Å²) in [5.41, 5.74) is 3.73. The van der Waals surface area contributed by atoms with Crippen LogP contribution >= 0.6 is 23.2 Å². The number of benzene rings is 1. The smallest absolute Gasteiger partial charge is 0.292 e. The number of fused-ring (bicyclic) bond motifs is 3. The van der Waals surface area contributed by atoms with E-state index in [4.69, 9.17) is 33.2 Å². The third-order valence-electron chi connectivity index (χ3n) is 5.48. The van der Waals surface area contributed by atoms with Crippen molar-refractivity contribution in [2.45, 2.75) is 32.2 Å². The van der Waals surface area contributed by atoms with Gasteiger partial charge in [0.2, 0.25) is 5.82 Å². The highest BCUT2D eigenvalue weighted by Gasteiger charge is 2.33. The van der Waals surface area contributed by atoms with Crippen LogP contribution in [0.4, 0.5) is 0 Å². The first-order chi connectivity index (χ1) is 14.5. The number of hydrogen-bond acceptors (Lipinski definition) is 5. The first-order valence-corrected chi connectivity index (χ1v) is 10.3. The van der Waals surface area contributed by atoms with Crippen LogP contribution in [-0.2, 0) is 12.8 Å². The van der Waals surface area contributed by atoms with Gasteiger partial charge in [0.05, 0.1) is 47.2 Å². The van der Waals surface area contributed by atoms with Crippen molar-refractivity contribution in [3.63, 3.8) is 0 Å². The van der Waals surface area contributed by atoms with E-state index in [-0.39, 0.29) is 17.8 Å².